The molecule has 3 heterocycles. The van der Waals surface area contributed by atoms with Crippen molar-refractivity contribution in [2.45, 2.75) is 76.0 Å². The van der Waals surface area contributed by atoms with Crippen LogP contribution in [0.1, 0.15) is 63.5 Å². The third-order valence-corrected chi connectivity index (χ3v) is 7.94. The van der Waals surface area contributed by atoms with E-state index < -0.39 is 0 Å². The highest BCUT2D eigenvalue weighted by atomic mass is 35.5. The normalized spacial score (nSPS) is 32.6. The molecule has 4 rings (SSSR count). The van der Waals surface area contributed by atoms with Crippen molar-refractivity contribution in [2.75, 3.05) is 33.7 Å². The van der Waals surface area contributed by atoms with Gasteiger partial charge in [-0.25, -0.2) is 0 Å². The van der Waals surface area contributed by atoms with Gasteiger partial charge in [0.15, 0.2) is 5.96 Å². The van der Waals surface area contributed by atoms with Crippen molar-refractivity contribution in [3.63, 3.8) is 0 Å². The highest BCUT2D eigenvalue weighted by molar-refractivity contribution is 6.30. The molecule has 3 aliphatic rings. The summed E-state index contributed by atoms with van der Waals surface area (Å²) in [5, 5.41) is 8.13. The molecule has 31 heavy (non-hydrogen) atoms. The molecule has 0 radical (unpaired) electrons. The second-order valence-electron chi connectivity index (χ2n) is 9.82. The Hall–Kier alpha value is -1.30. The first kappa shape index (κ1) is 22.9. The Morgan fingerprint density at radius 3 is 2.61 bits per heavy atom. The number of aliphatic imine (C=N–C) groups is 1. The van der Waals surface area contributed by atoms with Gasteiger partial charge in [0, 0.05) is 42.3 Å². The minimum Gasteiger partial charge on any atom is -0.357 e. The standard InChI is InChI=1S/C25H40ClN5/c1-4-27-25(29-21-15-22-11-6-12-23(16-21)31(22)3)28-17-19-9-7-13-30(2)24(19)18-8-5-10-20(26)14-18/h5,8,10,14,19,21-24H,4,6-7,9,11-13,15-17H2,1-3H3,(H2,27,28,29). The predicted molar refractivity (Wildman–Crippen MR) is 131 cm³/mol. The van der Waals surface area contributed by atoms with Gasteiger partial charge in [-0.15, -0.1) is 0 Å². The van der Waals surface area contributed by atoms with Gasteiger partial charge in [-0.05, 0) is 89.7 Å². The number of likely N-dealkylation sites (tertiary alicyclic amines) is 1. The molecule has 3 fully saturated rings. The maximum Gasteiger partial charge on any atom is 0.191 e. The van der Waals surface area contributed by atoms with Crippen LogP contribution in [0.4, 0.5) is 0 Å². The Labute approximate surface area is 193 Å². The zero-order chi connectivity index (χ0) is 21.8. The summed E-state index contributed by atoms with van der Waals surface area (Å²) >= 11 is 6.32. The van der Waals surface area contributed by atoms with Crippen LogP contribution in [0.2, 0.25) is 5.02 Å². The van der Waals surface area contributed by atoms with Crippen LogP contribution < -0.4 is 10.6 Å². The summed E-state index contributed by atoms with van der Waals surface area (Å²) in [5.41, 5.74) is 1.32. The third-order valence-electron chi connectivity index (χ3n) is 7.71. The first-order valence-electron chi connectivity index (χ1n) is 12.3. The van der Waals surface area contributed by atoms with Crippen molar-refractivity contribution in [3.8, 4) is 0 Å². The van der Waals surface area contributed by atoms with Crippen molar-refractivity contribution in [2.24, 2.45) is 10.9 Å². The molecule has 3 aliphatic heterocycles. The number of halogens is 1. The molecule has 0 amide bonds. The summed E-state index contributed by atoms with van der Waals surface area (Å²) in [6.07, 6.45) is 8.98. The molecule has 4 unspecified atom stereocenters. The summed E-state index contributed by atoms with van der Waals surface area (Å²) in [6.45, 7) is 5.03. The molecular formula is C25H40ClN5. The van der Waals surface area contributed by atoms with E-state index in [2.05, 4.69) is 59.7 Å². The van der Waals surface area contributed by atoms with Gasteiger partial charge in [0.05, 0.1) is 0 Å². The van der Waals surface area contributed by atoms with Crippen LogP contribution in [-0.2, 0) is 0 Å². The van der Waals surface area contributed by atoms with Crippen LogP contribution >= 0.6 is 11.6 Å². The smallest absolute Gasteiger partial charge is 0.191 e. The van der Waals surface area contributed by atoms with E-state index >= 15 is 0 Å². The van der Waals surface area contributed by atoms with E-state index in [1.165, 1.54) is 50.5 Å². The summed E-state index contributed by atoms with van der Waals surface area (Å²) in [6, 6.07) is 10.7. The molecule has 0 aromatic heterocycles. The average molecular weight is 446 g/mol. The minimum atomic E-state index is 0.377. The van der Waals surface area contributed by atoms with Crippen molar-refractivity contribution in [1.82, 2.24) is 20.4 Å². The first-order valence-corrected chi connectivity index (χ1v) is 12.7. The van der Waals surface area contributed by atoms with Gasteiger partial charge < -0.3 is 15.5 Å². The van der Waals surface area contributed by atoms with Gasteiger partial charge >= 0.3 is 0 Å². The molecule has 0 saturated carbocycles. The van der Waals surface area contributed by atoms with Crippen molar-refractivity contribution < 1.29 is 0 Å². The lowest BCUT2D eigenvalue weighted by molar-refractivity contribution is 0.0526. The molecule has 6 heteroatoms. The fraction of sp³-hybridized carbons (Fsp3) is 0.720. The van der Waals surface area contributed by atoms with E-state index in [1.807, 2.05) is 6.07 Å². The summed E-state index contributed by atoms with van der Waals surface area (Å²) < 4.78 is 0. The average Bonchev–Trinajstić information content (AvgIpc) is 2.73. The van der Waals surface area contributed by atoms with E-state index in [0.29, 0.717) is 18.0 Å². The fourth-order valence-electron chi connectivity index (χ4n) is 6.12. The molecule has 2 bridgehead atoms. The Bertz CT molecular complexity index is 739. The third kappa shape index (κ3) is 5.55. The largest absolute Gasteiger partial charge is 0.357 e. The van der Waals surface area contributed by atoms with E-state index in [4.69, 9.17) is 16.6 Å². The van der Waals surface area contributed by atoms with Gasteiger partial charge in [0.2, 0.25) is 0 Å². The quantitative estimate of drug-likeness (QED) is 0.524. The number of hydrogen-bond acceptors (Lipinski definition) is 3. The lowest BCUT2D eigenvalue weighted by atomic mass is 9.82. The number of benzene rings is 1. The van der Waals surface area contributed by atoms with E-state index in [1.54, 1.807) is 0 Å². The number of piperidine rings is 3. The van der Waals surface area contributed by atoms with E-state index in [-0.39, 0.29) is 0 Å². The Morgan fingerprint density at radius 2 is 1.90 bits per heavy atom. The van der Waals surface area contributed by atoms with Crippen LogP contribution in [0.15, 0.2) is 29.3 Å². The lowest BCUT2D eigenvalue weighted by Crippen LogP contribution is -2.56. The summed E-state index contributed by atoms with van der Waals surface area (Å²) in [7, 11) is 4.56. The Balaban J connectivity index is 1.44. The predicted octanol–water partition coefficient (Wildman–Crippen LogP) is 4.29. The monoisotopic (exact) mass is 445 g/mol. The molecule has 4 atom stereocenters. The summed E-state index contributed by atoms with van der Waals surface area (Å²) in [4.78, 5) is 10.2. The molecule has 3 saturated heterocycles. The highest BCUT2D eigenvalue weighted by Gasteiger charge is 2.36. The van der Waals surface area contributed by atoms with Gasteiger partial charge in [-0.1, -0.05) is 30.2 Å². The van der Waals surface area contributed by atoms with Crippen LogP contribution in [0.3, 0.4) is 0 Å². The Kier molecular flexibility index (Phi) is 7.78. The number of fused-ring (bicyclic) bond motifs is 2. The van der Waals surface area contributed by atoms with Crippen LogP contribution in [0.5, 0.6) is 0 Å². The molecule has 0 spiro atoms. The molecule has 5 nitrogen and oxygen atoms in total. The van der Waals surface area contributed by atoms with Crippen LogP contribution in [0.25, 0.3) is 0 Å². The highest BCUT2D eigenvalue weighted by Crippen LogP contribution is 2.36. The molecule has 1 aromatic rings. The zero-order valence-corrected chi connectivity index (χ0v) is 20.2. The van der Waals surface area contributed by atoms with Crippen LogP contribution in [-0.4, -0.2) is 67.6 Å². The van der Waals surface area contributed by atoms with Crippen LogP contribution in [0, 0.1) is 5.92 Å². The summed E-state index contributed by atoms with van der Waals surface area (Å²) in [5.74, 6) is 1.50. The number of hydrogen-bond donors (Lipinski definition) is 2. The fourth-order valence-corrected chi connectivity index (χ4v) is 6.32. The lowest BCUT2D eigenvalue weighted by Gasteiger charge is -2.47. The number of nitrogens with one attached hydrogen (secondary N) is 2. The van der Waals surface area contributed by atoms with Gasteiger partial charge in [0.25, 0.3) is 0 Å². The Morgan fingerprint density at radius 1 is 1.13 bits per heavy atom. The van der Waals surface area contributed by atoms with Crippen molar-refractivity contribution in [1.29, 1.82) is 0 Å². The number of guanidine groups is 1. The molecule has 0 aliphatic carbocycles. The number of nitrogens with zero attached hydrogens (tertiary/aromatic N) is 3. The SMILES string of the molecule is CCNC(=NCC1CCCN(C)C1c1cccc(Cl)c1)NC1CC2CCCC(C1)N2C. The van der Waals surface area contributed by atoms with Gasteiger partial charge in [-0.2, -0.15) is 0 Å². The van der Waals surface area contributed by atoms with Gasteiger partial charge in [-0.3, -0.25) is 9.89 Å². The van der Waals surface area contributed by atoms with Crippen molar-refractivity contribution >= 4 is 17.6 Å². The minimum absolute atomic E-state index is 0.377. The number of rotatable bonds is 5. The second-order valence-corrected chi connectivity index (χ2v) is 10.3. The molecular weight excluding hydrogens is 406 g/mol. The molecule has 1 aromatic carbocycles. The second kappa shape index (κ2) is 10.5. The van der Waals surface area contributed by atoms with Gasteiger partial charge in [0.1, 0.15) is 0 Å². The maximum absolute atomic E-state index is 6.32. The zero-order valence-electron chi connectivity index (χ0n) is 19.5. The maximum atomic E-state index is 6.32. The van der Waals surface area contributed by atoms with Crippen molar-refractivity contribution in [3.05, 3.63) is 34.9 Å². The topological polar surface area (TPSA) is 42.9 Å². The molecule has 172 valence electrons. The van der Waals surface area contributed by atoms with E-state index in [9.17, 15) is 0 Å². The first-order chi connectivity index (χ1) is 15.0. The molecule has 2 N–H and O–H groups in total. The van der Waals surface area contributed by atoms with E-state index in [0.717, 1.165) is 42.7 Å².